The lowest BCUT2D eigenvalue weighted by atomic mass is 9.92. The van der Waals surface area contributed by atoms with Crippen LogP contribution >= 0.6 is 34.8 Å². The van der Waals surface area contributed by atoms with E-state index in [0.717, 1.165) is 0 Å². The molecule has 1 rings (SSSR count). The third-order valence-electron chi connectivity index (χ3n) is 1.67. The molecule has 1 heterocycles. The van der Waals surface area contributed by atoms with Crippen molar-refractivity contribution in [2.75, 3.05) is 5.88 Å². The van der Waals surface area contributed by atoms with E-state index in [0.29, 0.717) is 21.9 Å². The van der Waals surface area contributed by atoms with Gasteiger partial charge in [-0.1, -0.05) is 37.0 Å². The minimum absolute atomic E-state index is 0.309. The number of aromatic nitrogens is 2. The second-order valence-corrected chi connectivity index (χ2v) is 4.36. The van der Waals surface area contributed by atoms with Gasteiger partial charge in [0.25, 0.3) is 0 Å². The molecule has 0 unspecified atom stereocenters. The summed E-state index contributed by atoms with van der Waals surface area (Å²) in [4.78, 5) is 8.01. The van der Waals surface area contributed by atoms with Crippen LogP contribution in [0.3, 0.4) is 0 Å². The zero-order valence-corrected chi connectivity index (χ0v) is 9.58. The lowest BCUT2D eigenvalue weighted by Crippen LogP contribution is -2.22. The molecular formula is C8H9Cl3N2. The summed E-state index contributed by atoms with van der Waals surface area (Å²) in [5, 5.41) is 0.688. The summed E-state index contributed by atoms with van der Waals surface area (Å²) in [6.07, 6.45) is 1.41. The minimum Gasteiger partial charge on any atom is -0.239 e. The number of nitrogens with zero attached hydrogens (tertiary/aromatic N) is 2. The topological polar surface area (TPSA) is 25.8 Å². The lowest BCUT2D eigenvalue weighted by molar-refractivity contribution is 0.573. The van der Waals surface area contributed by atoms with Crippen molar-refractivity contribution < 1.29 is 0 Å². The molecule has 1 aromatic rings. The van der Waals surface area contributed by atoms with Gasteiger partial charge < -0.3 is 0 Å². The van der Waals surface area contributed by atoms with Crippen LogP contribution in [0.5, 0.6) is 0 Å². The van der Waals surface area contributed by atoms with Crippen LogP contribution in [0, 0.1) is 0 Å². The second kappa shape index (κ2) is 3.99. The molecule has 72 valence electrons. The van der Waals surface area contributed by atoms with Gasteiger partial charge in [-0.3, -0.25) is 0 Å². The van der Waals surface area contributed by atoms with E-state index < -0.39 is 0 Å². The summed E-state index contributed by atoms with van der Waals surface area (Å²) in [6, 6.07) is 0. The third-order valence-corrected chi connectivity index (χ3v) is 2.80. The molecule has 0 aromatic carbocycles. The maximum atomic E-state index is 5.87. The normalized spacial score (nSPS) is 11.8. The third kappa shape index (κ3) is 2.46. The molecule has 5 heteroatoms. The Kier molecular flexibility index (Phi) is 3.38. The number of halogens is 3. The van der Waals surface area contributed by atoms with E-state index in [-0.39, 0.29) is 5.41 Å². The van der Waals surface area contributed by atoms with Gasteiger partial charge in [0, 0.05) is 11.3 Å². The summed E-state index contributed by atoms with van der Waals surface area (Å²) in [5.74, 6) is 0.418. The predicted molar refractivity (Wildman–Crippen MR) is 55.8 cm³/mol. The molecule has 0 aliphatic heterocycles. The molecule has 0 saturated heterocycles. The highest BCUT2D eigenvalue weighted by Gasteiger charge is 2.25. The fourth-order valence-electron chi connectivity index (χ4n) is 0.847. The highest BCUT2D eigenvalue weighted by molar-refractivity contribution is 6.31. The van der Waals surface area contributed by atoms with Crippen LogP contribution in [0.2, 0.25) is 10.3 Å². The Morgan fingerprint density at radius 3 is 2.54 bits per heavy atom. The van der Waals surface area contributed by atoms with Crippen LogP contribution in [0.25, 0.3) is 0 Å². The minimum atomic E-state index is -0.309. The molecular weight excluding hydrogens is 230 g/mol. The van der Waals surface area contributed by atoms with Gasteiger partial charge >= 0.3 is 0 Å². The summed E-state index contributed by atoms with van der Waals surface area (Å²) < 4.78 is 0. The molecule has 0 amide bonds. The highest BCUT2D eigenvalue weighted by atomic mass is 35.5. The molecule has 0 atom stereocenters. The molecule has 0 bridgehead atoms. The van der Waals surface area contributed by atoms with Crippen molar-refractivity contribution in [2.45, 2.75) is 19.3 Å². The van der Waals surface area contributed by atoms with Crippen LogP contribution in [-0.2, 0) is 5.41 Å². The summed E-state index contributed by atoms with van der Waals surface area (Å²) in [6.45, 7) is 3.87. The van der Waals surface area contributed by atoms with Crippen molar-refractivity contribution in [1.29, 1.82) is 0 Å². The number of hydrogen-bond donors (Lipinski definition) is 0. The van der Waals surface area contributed by atoms with E-state index in [2.05, 4.69) is 9.97 Å². The fourth-order valence-corrected chi connectivity index (χ4v) is 1.45. The number of rotatable bonds is 2. The maximum absolute atomic E-state index is 5.87. The molecule has 0 N–H and O–H groups in total. The Morgan fingerprint density at radius 1 is 1.38 bits per heavy atom. The molecule has 1 aromatic heterocycles. The Bertz CT molecular complexity index is 312. The standard InChI is InChI=1S/C8H9Cl3N2/c1-8(2,4-9)6-7(11)12-3-5(10)13-6/h3H,4H2,1-2H3. The monoisotopic (exact) mass is 238 g/mol. The van der Waals surface area contributed by atoms with Gasteiger partial charge in [0.05, 0.1) is 11.9 Å². The van der Waals surface area contributed by atoms with E-state index >= 15 is 0 Å². The molecule has 0 aliphatic carbocycles. The van der Waals surface area contributed by atoms with Gasteiger partial charge in [0.2, 0.25) is 0 Å². The highest BCUT2D eigenvalue weighted by Crippen LogP contribution is 2.28. The number of hydrogen-bond acceptors (Lipinski definition) is 2. The molecule has 2 nitrogen and oxygen atoms in total. The predicted octanol–water partition coefficient (Wildman–Crippen LogP) is 3.30. The maximum Gasteiger partial charge on any atom is 0.151 e. The molecule has 0 radical (unpaired) electrons. The quantitative estimate of drug-likeness (QED) is 0.740. The van der Waals surface area contributed by atoms with Crippen molar-refractivity contribution in [1.82, 2.24) is 9.97 Å². The lowest BCUT2D eigenvalue weighted by Gasteiger charge is -2.21. The van der Waals surface area contributed by atoms with Crippen molar-refractivity contribution in [3.63, 3.8) is 0 Å². The van der Waals surface area contributed by atoms with Crippen molar-refractivity contribution in [3.8, 4) is 0 Å². The molecule has 13 heavy (non-hydrogen) atoms. The van der Waals surface area contributed by atoms with E-state index in [1.807, 2.05) is 13.8 Å². The Labute approximate surface area is 92.2 Å². The largest absolute Gasteiger partial charge is 0.239 e. The summed E-state index contributed by atoms with van der Waals surface area (Å²) in [5.41, 5.74) is 0.327. The van der Waals surface area contributed by atoms with E-state index in [1.165, 1.54) is 6.20 Å². The first-order chi connectivity index (χ1) is 5.97. The first-order valence-electron chi connectivity index (χ1n) is 3.72. The first-order valence-corrected chi connectivity index (χ1v) is 5.01. The molecule has 0 spiro atoms. The van der Waals surface area contributed by atoms with Gasteiger partial charge in [0.15, 0.2) is 5.15 Å². The Hall–Kier alpha value is -0.0500. The molecule has 0 aliphatic rings. The number of alkyl halides is 1. The first kappa shape index (κ1) is 11.0. The summed E-state index contributed by atoms with van der Waals surface area (Å²) in [7, 11) is 0. The molecule has 0 fully saturated rings. The van der Waals surface area contributed by atoms with Crippen LogP contribution in [-0.4, -0.2) is 15.8 Å². The average Bonchev–Trinajstić information content (AvgIpc) is 2.09. The average molecular weight is 240 g/mol. The van der Waals surface area contributed by atoms with Crippen LogP contribution < -0.4 is 0 Å². The zero-order chi connectivity index (χ0) is 10.1. The second-order valence-electron chi connectivity index (χ2n) is 3.35. The zero-order valence-electron chi connectivity index (χ0n) is 7.31. The Morgan fingerprint density at radius 2 is 2.00 bits per heavy atom. The fraction of sp³-hybridized carbons (Fsp3) is 0.500. The van der Waals surface area contributed by atoms with E-state index in [9.17, 15) is 0 Å². The van der Waals surface area contributed by atoms with Crippen molar-refractivity contribution in [2.24, 2.45) is 0 Å². The van der Waals surface area contributed by atoms with Crippen LogP contribution in [0.1, 0.15) is 19.5 Å². The Balaban J connectivity index is 3.20. The summed E-state index contributed by atoms with van der Waals surface area (Å²) >= 11 is 17.4. The van der Waals surface area contributed by atoms with Crippen molar-refractivity contribution in [3.05, 3.63) is 22.2 Å². The van der Waals surface area contributed by atoms with Crippen molar-refractivity contribution >= 4 is 34.8 Å². The van der Waals surface area contributed by atoms with E-state index in [4.69, 9.17) is 34.8 Å². The smallest absolute Gasteiger partial charge is 0.151 e. The van der Waals surface area contributed by atoms with Gasteiger partial charge in [-0.15, -0.1) is 11.6 Å². The SMILES string of the molecule is CC(C)(CCl)c1nc(Cl)cnc1Cl. The van der Waals surface area contributed by atoms with Gasteiger partial charge in [-0.2, -0.15) is 0 Å². The van der Waals surface area contributed by atoms with E-state index in [1.54, 1.807) is 0 Å². The van der Waals surface area contributed by atoms with Crippen LogP contribution in [0.4, 0.5) is 0 Å². The molecule has 0 saturated carbocycles. The van der Waals surface area contributed by atoms with Gasteiger partial charge in [-0.25, -0.2) is 9.97 Å². The van der Waals surface area contributed by atoms with Gasteiger partial charge in [0.1, 0.15) is 5.15 Å². The van der Waals surface area contributed by atoms with Gasteiger partial charge in [-0.05, 0) is 0 Å². The van der Waals surface area contributed by atoms with Crippen LogP contribution in [0.15, 0.2) is 6.20 Å².